The number of hydrogen-bond donors (Lipinski definition) is 3. The fraction of sp³-hybridized carbons (Fsp3) is 0.833. The number of nitrogens with one attached hydrogen (secondary N) is 2. The van der Waals surface area contributed by atoms with Gasteiger partial charge in [-0.2, -0.15) is 13.1 Å². The fourth-order valence-electron chi connectivity index (χ4n) is 1.41. The molecule has 0 aromatic rings. The number of hydrogen-bond acceptors (Lipinski definition) is 3. The van der Waals surface area contributed by atoms with Crippen LogP contribution < -0.4 is 9.44 Å². The van der Waals surface area contributed by atoms with Gasteiger partial charge in [-0.25, -0.2) is 9.52 Å². The molecule has 0 bridgehead atoms. The van der Waals surface area contributed by atoms with Gasteiger partial charge in [0.1, 0.15) is 0 Å². The maximum Gasteiger partial charge on any atom is 0.419 e. The largest absolute Gasteiger partial charge is 0.464 e. The summed E-state index contributed by atoms with van der Waals surface area (Å²) in [5.41, 5.74) is 0. The lowest BCUT2D eigenvalue weighted by atomic mass is 10.3. The molecule has 7 heteroatoms. The van der Waals surface area contributed by atoms with E-state index in [0.29, 0.717) is 0 Å². The summed E-state index contributed by atoms with van der Waals surface area (Å²) in [7, 11) is -3.86. The quantitative estimate of drug-likeness (QED) is 0.609. The summed E-state index contributed by atoms with van der Waals surface area (Å²) in [6.45, 7) is 0. The highest BCUT2D eigenvalue weighted by atomic mass is 32.2. The molecule has 1 saturated carbocycles. The van der Waals surface area contributed by atoms with E-state index < -0.39 is 16.3 Å². The first-order valence-electron chi connectivity index (χ1n) is 4.02. The van der Waals surface area contributed by atoms with Crippen LogP contribution in [-0.2, 0) is 10.2 Å². The second kappa shape index (κ2) is 3.93. The maximum absolute atomic E-state index is 11.0. The van der Waals surface area contributed by atoms with Crippen molar-refractivity contribution in [2.75, 3.05) is 0 Å². The van der Waals surface area contributed by atoms with Gasteiger partial charge in [-0.1, -0.05) is 12.8 Å². The van der Waals surface area contributed by atoms with Gasteiger partial charge in [-0.05, 0) is 12.8 Å². The Kier molecular flexibility index (Phi) is 3.10. The van der Waals surface area contributed by atoms with Crippen LogP contribution in [0.3, 0.4) is 0 Å². The molecule has 1 aliphatic rings. The van der Waals surface area contributed by atoms with Crippen LogP contribution in [0, 0.1) is 0 Å². The van der Waals surface area contributed by atoms with Crippen molar-refractivity contribution >= 4 is 16.3 Å². The first-order chi connectivity index (χ1) is 5.99. The van der Waals surface area contributed by atoms with Crippen LogP contribution >= 0.6 is 0 Å². The lowest BCUT2D eigenvalue weighted by Gasteiger charge is -2.11. The minimum absolute atomic E-state index is 0.114. The molecule has 0 spiro atoms. The summed E-state index contributed by atoms with van der Waals surface area (Å²) in [5, 5.41) is 8.19. The van der Waals surface area contributed by atoms with Crippen LogP contribution in [0.4, 0.5) is 4.79 Å². The van der Waals surface area contributed by atoms with E-state index in [1.165, 1.54) is 4.72 Å². The molecule has 1 fully saturated rings. The number of carbonyl (C=O) groups is 1. The van der Waals surface area contributed by atoms with Crippen molar-refractivity contribution in [2.24, 2.45) is 0 Å². The maximum atomic E-state index is 11.0. The minimum atomic E-state index is -3.86. The minimum Gasteiger partial charge on any atom is -0.464 e. The second-order valence-corrected chi connectivity index (χ2v) is 4.46. The normalized spacial score (nSPS) is 18.8. The Bertz CT molecular complexity index is 281. The molecule has 1 aliphatic carbocycles. The van der Waals surface area contributed by atoms with Crippen molar-refractivity contribution in [3.05, 3.63) is 0 Å². The SMILES string of the molecule is O=C(O)NS(=O)(=O)NC1CCCC1. The zero-order valence-electron chi connectivity index (χ0n) is 6.99. The Balaban J connectivity index is 2.46. The van der Waals surface area contributed by atoms with Crippen molar-refractivity contribution in [3.63, 3.8) is 0 Å². The number of amides is 1. The van der Waals surface area contributed by atoms with Crippen LogP contribution in [-0.4, -0.2) is 25.7 Å². The third kappa shape index (κ3) is 3.60. The molecule has 0 heterocycles. The summed E-state index contributed by atoms with van der Waals surface area (Å²) in [6, 6.07) is -0.114. The molecule has 0 atom stereocenters. The highest BCUT2D eigenvalue weighted by Gasteiger charge is 2.22. The van der Waals surface area contributed by atoms with Crippen LogP contribution in [0.15, 0.2) is 0 Å². The lowest BCUT2D eigenvalue weighted by Crippen LogP contribution is -2.43. The molecular weight excluding hydrogens is 196 g/mol. The van der Waals surface area contributed by atoms with Gasteiger partial charge in [0.15, 0.2) is 0 Å². The third-order valence-electron chi connectivity index (χ3n) is 1.90. The van der Waals surface area contributed by atoms with Crippen LogP contribution in [0.25, 0.3) is 0 Å². The summed E-state index contributed by atoms with van der Waals surface area (Å²) in [4.78, 5) is 10.1. The molecule has 0 aromatic heterocycles. The molecule has 0 aromatic carbocycles. The summed E-state index contributed by atoms with van der Waals surface area (Å²) in [6.07, 6.45) is 1.96. The molecule has 13 heavy (non-hydrogen) atoms. The van der Waals surface area contributed by atoms with Gasteiger partial charge < -0.3 is 5.11 Å². The van der Waals surface area contributed by atoms with Gasteiger partial charge in [0.25, 0.3) is 0 Å². The summed E-state index contributed by atoms with van der Waals surface area (Å²) >= 11 is 0. The van der Waals surface area contributed by atoms with E-state index in [2.05, 4.69) is 4.72 Å². The molecule has 6 nitrogen and oxygen atoms in total. The average Bonchev–Trinajstić information content (AvgIpc) is 2.34. The Labute approximate surface area is 76.5 Å². The van der Waals surface area contributed by atoms with Crippen molar-refractivity contribution < 1.29 is 18.3 Å². The van der Waals surface area contributed by atoms with Crippen molar-refractivity contribution in [1.29, 1.82) is 0 Å². The zero-order chi connectivity index (χ0) is 9.90. The second-order valence-electron chi connectivity index (χ2n) is 3.01. The van der Waals surface area contributed by atoms with E-state index >= 15 is 0 Å². The van der Waals surface area contributed by atoms with Gasteiger partial charge >= 0.3 is 16.3 Å². The van der Waals surface area contributed by atoms with Crippen molar-refractivity contribution in [1.82, 2.24) is 9.44 Å². The Morgan fingerprint density at radius 3 is 2.31 bits per heavy atom. The average molecular weight is 208 g/mol. The van der Waals surface area contributed by atoms with E-state index in [0.717, 1.165) is 25.7 Å². The molecule has 0 unspecified atom stereocenters. The monoisotopic (exact) mass is 208 g/mol. The van der Waals surface area contributed by atoms with Crippen LogP contribution in [0.5, 0.6) is 0 Å². The highest BCUT2D eigenvalue weighted by molar-refractivity contribution is 7.88. The zero-order valence-corrected chi connectivity index (χ0v) is 7.80. The summed E-state index contributed by atoms with van der Waals surface area (Å²) in [5.74, 6) is 0. The smallest absolute Gasteiger partial charge is 0.419 e. The van der Waals surface area contributed by atoms with Crippen LogP contribution in [0.2, 0.25) is 0 Å². The molecular formula is C6H12N2O4S. The molecule has 0 saturated heterocycles. The van der Waals surface area contributed by atoms with Gasteiger partial charge in [-0.15, -0.1) is 0 Å². The highest BCUT2D eigenvalue weighted by Crippen LogP contribution is 2.17. The van der Waals surface area contributed by atoms with E-state index in [-0.39, 0.29) is 6.04 Å². The number of carboxylic acid groups (broad SMARTS) is 1. The molecule has 76 valence electrons. The predicted molar refractivity (Wildman–Crippen MR) is 45.5 cm³/mol. The topological polar surface area (TPSA) is 95.5 Å². The van der Waals surface area contributed by atoms with E-state index in [9.17, 15) is 13.2 Å². The van der Waals surface area contributed by atoms with E-state index in [1.54, 1.807) is 0 Å². The van der Waals surface area contributed by atoms with E-state index in [1.807, 2.05) is 0 Å². The molecule has 0 aliphatic heterocycles. The Hall–Kier alpha value is -0.820. The third-order valence-corrected chi connectivity index (χ3v) is 2.99. The fourth-order valence-corrected chi connectivity index (χ4v) is 2.37. The van der Waals surface area contributed by atoms with Gasteiger partial charge in [-0.3, -0.25) is 0 Å². The lowest BCUT2D eigenvalue weighted by molar-refractivity contribution is 0.201. The standard InChI is InChI=1S/C6H12N2O4S/c9-6(10)8-13(11,12)7-5-3-1-2-4-5/h5,7-8H,1-4H2,(H,9,10). The first kappa shape index (κ1) is 10.3. The Morgan fingerprint density at radius 1 is 1.31 bits per heavy atom. The van der Waals surface area contributed by atoms with Gasteiger partial charge in [0.2, 0.25) is 0 Å². The number of rotatable bonds is 3. The van der Waals surface area contributed by atoms with Gasteiger partial charge in [0, 0.05) is 6.04 Å². The summed E-state index contributed by atoms with van der Waals surface area (Å²) < 4.78 is 25.7. The molecule has 1 rings (SSSR count). The molecule has 3 N–H and O–H groups in total. The first-order valence-corrected chi connectivity index (χ1v) is 5.51. The molecule has 1 amide bonds. The Morgan fingerprint density at radius 2 is 1.85 bits per heavy atom. The van der Waals surface area contributed by atoms with E-state index in [4.69, 9.17) is 5.11 Å². The molecule has 0 radical (unpaired) electrons. The van der Waals surface area contributed by atoms with Gasteiger partial charge in [0.05, 0.1) is 0 Å². The van der Waals surface area contributed by atoms with Crippen molar-refractivity contribution in [2.45, 2.75) is 31.7 Å². The van der Waals surface area contributed by atoms with Crippen LogP contribution in [0.1, 0.15) is 25.7 Å². The predicted octanol–water partition coefficient (Wildman–Crippen LogP) is 0.0310. The van der Waals surface area contributed by atoms with Crippen molar-refractivity contribution in [3.8, 4) is 0 Å².